The maximum Gasteiger partial charge on any atom is 0.150 e. The van der Waals surface area contributed by atoms with Crippen molar-refractivity contribution in [3.63, 3.8) is 0 Å². The van der Waals surface area contributed by atoms with E-state index in [4.69, 9.17) is 9.47 Å². The minimum Gasteiger partial charge on any atom is -0.376 e. The smallest absolute Gasteiger partial charge is 0.150 e. The zero-order valence-electron chi connectivity index (χ0n) is 10.9. The Morgan fingerprint density at radius 2 is 2.11 bits per heavy atom. The van der Waals surface area contributed by atoms with E-state index in [1.807, 2.05) is 0 Å². The molecule has 0 amide bonds. The van der Waals surface area contributed by atoms with Crippen LogP contribution in [-0.2, 0) is 19.3 Å². The van der Waals surface area contributed by atoms with Crippen molar-refractivity contribution in [2.75, 3.05) is 32.6 Å². The van der Waals surface area contributed by atoms with E-state index < -0.39 is 9.84 Å². The van der Waals surface area contributed by atoms with Crippen molar-refractivity contribution in [3.05, 3.63) is 0 Å². The van der Waals surface area contributed by atoms with Crippen LogP contribution in [0.2, 0.25) is 0 Å². The number of sulfone groups is 1. The molecule has 3 atom stereocenters. The van der Waals surface area contributed by atoms with Gasteiger partial charge in [-0.3, -0.25) is 0 Å². The Kier molecular flexibility index (Phi) is 5.00. The molecule has 0 aromatic rings. The summed E-state index contributed by atoms with van der Waals surface area (Å²) in [6, 6.07) is 0.295. The summed E-state index contributed by atoms with van der Waals surface area (Å²) in [5.41, 5.74) is 0. The molecular formula is C12H23NO4S. The number of ether oxygens (including phenoxy) is 2. The molecule has 3 unspecified atom stereocenters. The normalized spacial score (nSPS) is 34.4. The van der Waals surface area contributed by atoms with Gasteiger partial charge in [0.1, 0.15) is 9.84 Å². The third kappa shape index (κ3) is 4.19. The van der Waals surface area contributed by atoms with Gasteiger partial charge in [-0.2, -0.15) is 0 Å². The fourth-order valence-electron chi connectivity index (χ4n) is 2.67. The molecule has 2 rings (SSSR count). The van der Waals surface area contributed by atoms with Gasteiger partial charge in [0.25, 0.3) is 0 Å². The highest BCUT2D eigenvalue weighted by molar-refractivity contribution is 7.91. The molecule has 1 saturated carbocycles. The molecule has 1 aliphatic heterocycles. The Labute approximate surface area is 109 Å². The van der Waals surface area contributed by atoms with Gasteiger partial charge in [0.2, 0.25) is 0 Å². The first kappa shape index (κ1) is 14.2. The molecule has 2 fully saturated rings. The molecular weight excluding hydrogens is 254 g/mol. The van der Waals surface area contributed by atoms with Gasteiger partial charge >= 0.3 is 0 Å². The van der Waals surface area contributed by atoms with Crippen molar-refractivity contribution >= 4 is 9.84 Å². The highest BCUT2D eigenvalue weighted by atomic mass is 32.2. The van der Waals surface area contributed by atoms with Crippen LogP contribution in [0.4, 0.5) is 0 Å². The monoisotopic (exact) mass is 277 g/mol. The number of rotatable bonds is 4. The van der Waals surface area contributed by atoms with Gasteiger partial charge in [-0.15, -0.1) is 0 Å². The molecule has 2 aliphatic rings. The lowest BCUT2D eigenvalue weighted by Crippen LogP contribution is -2.44. The minimum absolute atomic E-state index is 0.109. The van der Waals surface area contributed by atoms with Crippen molar-refractivity contribution in [2.24, 2.45) is 0 Å². The molecule has 1 aliphatic carbocycles. The maximum absolute atomic E-state index is 11.6. The van der Waals surface area contributed by atoms with Gasteiger partial charge in [-0.05, 0) is 19.3 Å². The van der Waals surface area contributed by atoms with Gasteiger partial charge in [-0.1, -0.05) is 6.42 Å². The maximum atomic E-state index is 11.6. The summed E-state index contributed by atoms with van der Waals surface area (Å²) < 4.78 is 34.0. The van der Waals surface area contributed by atoms with E-state index >= 15 is 0 Å². The van der Waals surface area contributed by atoms with Crippen molar-refractivity contribution in [3.8, 4) is 0 Å². The number of hydrogen-bond donors (Lipinski definition) is 1. The molecule has 18 heavy (non-hydrogen) atoms. The van der Waals surface area contributed by atoms with Crippen LogP contribution >= 0.6 is 0 Å². The molecule has 106 valence electrons. The van der Waals surface area contributed by atoms with Crippen LogP contribution in [0, 0.1) is 0 Å². The van der Waals surface area contributed by atoms with Gasteiger partial charge in [-0.25, -0.2) is 8.42 Å². The molecule has 1 saturated heterocycles. The van der Waals surface area contributed by atoms with E-state index in [2.05, 4.69) is 5.32 Å². The average Bonchev–Trinajstić information content (AvgIpc) is 2.37. The lowest BCUT2D eigenvalue weighted by atomic mass is 9.95. The molecule has 0 aromatic heterocycles. The van der Waals surface area contributed by atoms with E-state index in [-0.39, 0.29) is 11.4 Å². The molecule has 1 N–H and O–H groups in total. The van der Waals surface area contributed by atoms with Gasteiger partial charge in [0.05, 0.1) is 31.2 Å². The third-order valence-corrected chi connectivity index (χ3v) is 5.39. The summed E-state index contributed by atoms with van der Waals surface area (Å²) in [7, 11) is -2.90. The van der Waals surface area contributed by atoms with E-state index in [0.29, 0.717) is 25.9 Å². The fraction of sp³-hybridized carbons (Fsp3) is 1.00. The first-order chi connectivity index (χ1) is 8.55. The molecule has 5 nitrogen and oxygen atoms in total. The Bertz CT molecular complexity index is 351. The van der Waals surface area contributed by atoms with Crippen LogP contribution in [-0.4, -0.2) is 58.4 Å². The van der Waals surface area contributed by atoms with E-state index in [0.717, 1.165) is 32.2 Å². The van der Waals surface area contributed by atoms with Crippen molar-refractivity contribution in [2.45, 2.75) is 43.1 Å². The molecule has 0 radical (unpaired) electrons. The van der Waals surface area contributed by atoms with Crippen molar-refractivity contribution in [1.29, 1.82) is 0 Å². The van der Waals surface area contributed by atoms with E-state index in [1.165, 1.54) is 6.26 Å². The van der Waals surface area contributed by atoms with Crippen LogP contribution in [0.15, 0.2) is 0 Å². The summed E-state index contributed by atoms with van der Waals surface area (Å²) in [5.74, 6) is 0. The minimum atomic E-state index is -2.90. The van der Waals surface area contributed by atoms with Gasteiger partial charge in [0, 0.05) is 18.8 Å². The second-order valence-corrected chi connectivity index (χ2v) is 7.62. The van der Waals surface area contributed by atoms with Crippen LogP contribution < -0.4 is 5.32 Å². The molecule has 0 bridgehead atoms. The van der Waals surface area contributed by atoms with Crippen molar-refractivity contribution in [1.82, 2.24) is 5.32 Å². The highest BCUT2D eigenvalue weighted by Gasteiger charge is 2.29. The third-order valence-electron chi connectivity index (χ3n) is 3.75. The summed E-state index contributed by atoms with van der Waals surface area (Å²) in [5, 5.41) is 3.25. The lowest BCUT2D eigenvalue weighted by molar-refractivity contribution is -0.0872. The predicted molar refractivity (Wildman–Crippen MR) is 69.4 cm³/mol. The SMILES string of the molecule is CS(=O)(=O)C1CCCC(NCC2COCCO2)C1. The van der Waals surface area contributed by atoms with Crippen LogP contribution in [0.5, 0.6) is 0 Å². The van der Waals surface area contributed by atoms with E-state index in [9.17, 15) is 8.42 Å². The topological polar surface area (TPSA) is 64.6 Å². The van der Waals surface area contributed by atoms with Crippen molar-refractivity contribution < 1.29 is 17.9 Å². The zero-order chi connectivity index (χ0) is 13.0. The van der Waals surface area contributed by atoms with E-state index in [1.54, 1.807) is 0 Å². The highest BCUT2D eigenvalue weighted by Crippen LogP contribution is 2.23. The largest absolute Gasteiger partial charge is 0.376 e. The van der Waals surface area contributed by atoms with Gasteiger partial charge in [0.15, 0.2) is 0 Å². The van der Waals surface area contributed by atoms with Crippen LogP contribution in [0.3, 0.4) is 0 Å². The Hall–Kier alpha value is -0.170. The number of nitrogens with one attached hydrogen (secondary N) is 1. The first-order valence-electron chi connectivity index (χ1n) is 6.67. The first-order valence-corrected chi connectivity index (χ1v) is 8.63. The molecule has 6 heteroatoms. The zero-order valence-corrected chi connectivity index (χ0v) is 11.7. The summed E-state index contributed by atoms with van der Waals surface area (Å²) in [6.45, 7) is 2.72. The quantitative estimate of drug-likeness (QED) is 0.803. The predicted octanol–water partition coefficient (Wildman–Crippen LogP) is 0.347. The van der Waals surface area contributed by atoms with Crippen LogP contribution in [0.25, 0.3) is 0 Å². The standard InChI is InChI=1S/C12H23NO4S/c1-18(14,15)12-4-2-3-10(7-12)13-8-11-9-16-5-6-17-11/h10-13H,2-9H2,1H3. The Morgan fingerprint density at radius 3 is 2.78 bits per heavy atom. The Morgan fingerprint density at radius 1 is 1.28 bits per heavy atom. The number of hydrogen-bond acceptors (Lipinski definition) is 5. The lowest BCUT2D eigenvalue weighted by Gasteiger charge is -2.31. The second kappa shape index (κ2) is 6.32. The summed E-state index contributed by atoms with van der Waals surface area (Å²) in [4.78, 5) is 0. The fourth-order valence-corrected chi connectivity index (χ4v) is 3.85. The Balaban J connectivity index is 1.75. The molecule has 1 heterocycles. The average molecular weight is 277 g/mol. The second-order valence-electron chi connectivity index (χ2n) is 5.29. The van der Waals surface area contributed by atoms with Crippen LogP contribution in [0.1, 0.15) is 25.7 Å². The molecule has 0 aromatic carbocycles. The summed E-state index contributed by atoms with van der Waals surface area (Å²) in [6.07, 6.45) is 5.03. The summed E-state index contributed by atoms with van der Waals surface area (Å²) >= 11 is 0. The van der Waals surface area contributed by atoms with Gasteiger partial charge < -0.3 is 14.8 Å². The molecule has 0 spiro atoms.